The summed E-state index contributed by atoms with van der Waals surface area (Å²) in [6, 6.07) is 5.16. The highest BCUT2D eigenvalue weighted by Crippen LogP contribution is 2.27. The molecule has 0 radical (unpaired) electrons. The van der Waals surface area contributed by atoms with E-state index in [1.807, 2.05) is 13.0 Å². The Balaban J connectivity index is 2.64. The first-order valence-electron chi connectivity index (χ1n) is 5.74. The Morgan fingerprint density at radius 2 is 2.11 bits per heavy atom. The van der Waals surface area contributed by atoms with Crippen LogP contribution in [0.15, 0.2) is 18.2 Å². The second-order valence-electron chi connectivity index (χ2n) is 4.06. The zero-order chi connectivity index (χ0) is 13.8. The largest absolute Gasteiger partial charge is 0.491 e. The molecule has 0 saturated carbocycles. The monoisotopic (exact) mass is 291 g/mol. The van der Waals surface area contributed by atoms with Gasteiger partial charge in [-0.2, -0.15) is 0 Å². The second-order valence-corrected chi connectivity index (χ2v) is 6.94. The number of hydrogen-bond donors (Lipinski definition) is 1. The van der Waals surface area contributed by atoms with E-state index in [1.165, 1.54) is 0 Å². The van der Waals surface area contributed by atoms with Gasteiger partial charge in [-0.3, -0.25) is 0 Å². The van der Waals surface area contributed by atoms with E-state index in [9.17, 15) is 8.42 Å². The summed E-state index contributed by atoms with van der Waals surface area (Å²) < 4.78 is 27.9. The molecule has 6 heteroatoms. The number of ether oxygens (including phenoxy) is 1. The second kappa shape index (κ2) is 6.41. The number of rotatable bonds is 6. The molecule has 0 unspecified atom stereocenters. The Bertz CT molecular complexity index is 500. The quantitative estimate of drug-likeness (QED) is 0.872. The van der Waals surface area contributed by atoms with Crippen LogP contribution in [0.5, 0.6) is 5.75 Å². The molecule has 1 aromatic carbocycles. The SMILES string of the molecule is CCS(=O)(=O)CCOc1ccc([C@@H](C)N)cc1Cl. The van der Waals surface area contributed by atoms with Crippen molar-refractivity contribution < 1.29 is 13.2 Å². The summed E-state index contributed by atoms with van der Waals surface area (Å²) in [6.07, 6.45) is 0. The van der Waals surface area contributed by atoms with Gasteiger partial charge in [0.2, 0.25) is 0 Å². The maximum absolute atomic E-state index is 11.3. The Labute approximate surface area is 113 Å². The number of halogens is 1. The van der Waals surface area contributed by atoms with Crippen LogP contribution in [0.25, 0.3) is 0 Å². The van der Waals surface area contributed by atoms with Crippen LogP contribution in [0.2, 0.25) is 5.02 Å². The van der Waals surface area contributed by atoms with Crippen LogP contribution in [0, 0.1) is 0 Å². The minimum Gasteiger partial charge on any atom is -0.491 e. The molecule has 102 valence electrons. The fraction of sp³-hybridized carbons (Fsp3) is 0.500. The molecular formula is C12H18ClNO3S. The normalized spacial score (nSPS) is 13.3. The molecule has 0 aliphatic rings. The van der Waals surface area contributed by atoms with Crippen molar-refractivity contribution in [3.63, 3.8) is 0 Å². The van der Waals surface area contributed by atoms with Crippen LogP contribution in [0.4, 0.5) is 0 Å². The van der Waals surface area contributed by atoms with Crippen LogP contribution >= 0.6 is 11.6 Å². The molecule has 0 aromatic heterocycles. The smallest absolute Gasteiger partial charge is 0.153 e. The zero-order valence-corrected chi connectivity index (χ0v) is 12.1. The van der Waals surface area contributed by atoms with Gasteiger partial charge in [-0.1, -0.05) is 24.6 Å². The van der Waals surface area contributed by atoms with Gasteiger partial charge >= 0.3 is 0 Å². The number of benzene rings is 1. The summed E-state index contributed by atoms with van der Waals surface area (Å²) in [6.45, 7) is 3.58. The van der Waals surface area contributed by atoms with E-state index in [4.69, 9.17) is 22.1 Å². The van der Waals surface area contributed by atoms with E-state index < -0.39 is 9.84 Å². The molecule has 1 atom stereocenters. The van der Waals surface area contributed by atoms with Crippen LogP contribution in [-0.2, 0) is 9.84 Å². The number of nitrogens with two attached hydrogens (primary N) is 1. The summed E-state index contributed by atoms with van der Waals surface area (Å²) in [5.41, 5.74) is 6.64. The molecule has 1 rings (SSSR count). The van der Waals surface area contributed by atoms with E-state index in [1.54, 1.807) is 19.1 Å². The van der Waals surface area contributed by atoms with Gasteiger partial charge in [-0.15, -0.1) is 0 Å². The number of hydrogen-bond acceptors (Lipinski definition) is 4. The lowest BCUT2D eigenvalue weighted by Crippen LogP contribution is -2.15. The van der Waals surface area contributed by atoms with Gasteiger partial charge in [0.1, 0.15) is 12.4 Å². The van der Waals surface area contributed by atoms with Crippen molar-refractivity contribution in [2.24, 2.45) is 5.73 Å². The van der Waals surface area contributed by atoms with Crippen molar-refractivity contribution in [2.45, 2.75) is 19.9 Å². The van der Waals surface area contributed by atoms with Crippen molar-refractivity contribution in [2.75, 3.05) is 18.1 Å². The molecule has 1 aromatic rings. The highest BCUT2D eigenvalue weighted by molar-refractivity contribution is 7.91. The van der Waals surface area contributed by atoms with Gasteiger partial charge in [0.25, 0.3) is 0 Å². The fourth-order valence-electron chi connectivity index (χ4n) is 1.34. The predicted octanol–water partition coefficient (Wildman–Crippen LogP) is 2.17. The third-order valence-corrected chi connectivity index (χ3v) is 4.54. The summed E-state index contributed by atoms with van der Waals surface area (Å²) in [5, 5.41) is 0.443. The van der Waals surface area contributed by atoms with Crippen molar-refractivity contribution in [1.82, 2.24) is 0 Å². The Morgan fingerprint density at radius 1 is 1.44 bits per heavy atom. The van der Waals surface area contributed by atoms with Crippen LogP contribution < -0.4 is 10.5 Å². The third-order valence-electron chi connectivity index (χ3n) is 2.57. The molecule has 0 aliphatic heterocycles. The Kier molecular flexibility index (Phi) is 5.44. The average molecular weight is 292 g/mol. The summed E-state index contributed by atoms with van der Waals surface area (Å²) in [7, 11) is -3.01. The summed E-state index contributed by atoms with van der Waals surface area (Å²) in [5.74, 6) is 0.593. The topological polar surface area (TPSA) is 69.4 Å². The lowest BCUT2D eigenvalue weighted by Gasteiger charge is -2.11. The summed E-state index contributed by atoms with van der Waals surface area (Å²) >= 11 is 6.03. The van der Waals surface area contributed by atoms with Crippen LogP contribution in [-0.4, -0.2) is 26.5 Å². The van der Waals surface area contributed by atoms with E-state index >= 15 is 0 Å². The minimum atomic E-state index is -3.01. The fourth-order valence-corrected chi connectivity index (χ4v) is 2.21. The van der Waals surface area contributed by atoms with Gasteiger partial charge < -0.3 is 10.5 Å². The highest BCUT2D eigenvalue weighted by Gasteiger charge is 2.09. The first kappa shape index (κ1) is 15.3. The first-order chi connectivity index (χ1) is 8.35. The van der Waals surface area contributed by atoms with Crippen LogP contribution in [0.3, 0.4) is 0 Å². The van der Waals surface area contributed by atoms with E-state index in [2.05, 4.69) is 0 Å². The lowest BCUT2D eigenvalue weighted by atomic mass is 10.1. The Morgan fingerprint density at radius 3 is 2.61 bits per heavy atom. The maximum Gasteiger partial charge on any atom is 0.153 e. The molecule has 0 saturated heterocycles. The summed E-state index contributed by atoms with van der Waals surface area (Å²) in [4.78, 5) is 0. The minimum absolute atomic E-state index is 0.00509. The molecule has 4 nitrogen and oxygen atoms in total. The van der Waals surface area contributed by atoms with E-state index in [0.717, 1.165) is 5.56 Å². The predicted molar refractivity (Wildman–Crippen MR) is 73.9 cm³/mol. The molecule has 0 fully saturated rings. The van der Waals surface area contributed by atoms with E-state index in [-0.39, 0.29) is 24.2 Å². The van der Waals surface area contributed by atoms with Crippen molar-refractivity contribution in [1.29, 1.82) is 0 Å². The molecule has 0 spiro atoms. The molecule has 0 bridgehead atoms. The van der Waals surface area contributed by atoms with Crippen LogP contribution in [0.1, 0.15) is 25.5 Å². The van der Waals surface area contributed by atoms with Crippen molar-refractivity contribution in [3.05, 3.63) is 28.8 Å². The Hall–Kier alpha value is -0.780. The highest BCUT2D eigenvalue weighted by atomic mass is 35.5. The van der Waals surface area contributed by atoms with Gasteiger partial charge in [-0.25, -0.2) is 8.42 Å². The third kappa shape index (κ3) is 4.48. The molecule has 0 heterocycles. The van der Waals surface area contributed by atoms with Gasteiger partial charge in [0, 0.05) is 11.8 Å². The lowest BCUT2D eigenvalue weighted by molar-refractivity contribution is 0.341. The first-order valence-corrected chi connectivity index (χ1v) is 7.94. The van der Waals surface area contributed by atoms with Gasteiger partial charge in [0.15, 0.2) is 9.84 Å². The van der Waals surface area contributed by atoms with Crippen molar-refractivity contribution in [3.8, 4) is 5.75 Å². The molecule has 18 heavy (non-hydrogen) atoms. The number of sulfone groups is 1. The molecular weight excluding hydrogens is 274 g/mol. The molecule has 0 aliphatic carbocycles. The zero-order valence-electron chi connectivity index (χ0n) is 10.5. The van der Waals surface area contributed by atoms with Gasteiger partial charge in [0.05, 0.1) is 10.8 Å². The maximum atomic E-state index is 11.3. The molecule has 2 N–H and O–H groups in total. The molecule has 0 amide bonds. The van der Waals surface area contributed by atoms with E-state index in [0.29, 0.717) is 10.8 Å². The van der Waals surface area contributed by atoms with Crippen molar-refractivity contribution >= 4 is 21.4 Å². The van der Waals surface area contributed by atoms with Gasteiger partial charge in [-0.05, 0) is 24.6 Å². The average Bonchev–Trinajstić information content (AvgIpc) is 2.31. The standard InChI is InChI=1S/C12H18ClNO3S/c1-3-18(15,16)7-6-17-12-5-4-10(9(2)14)8-11(12)13/h4-5,8-9H,3,6-7,14H2,1-2H3/t9-/m1/s1.